The van der Waals surface area contributed by atoms with Gasteiger partial charge >= 0.3 is 26.2 Å². The van der Waals surface area contributed by atoms with Crippen LogP contribution in [0.25, 0.3) is 0 Å². The Hall–Kier alpha value is 0.583. The molecule has 0 nitrogen and oxygen atoms in total. The zero-order valence-electron chi connectivity index (χ0n) is 11.8. The molecule has 0 radical (unpaired) electrons. The second-order valence-corrected chi connectivity index (χ2v) is 4.63. The number of rotatable bonds is 2. The normalized spacial score (nSPS) is 16.6. The van der Waals surface area contributed by atoms with E-state index in [0.29, 0.717) is 0 Å². The molecule has 2 aliphatic carbocycles. The van der Waals surface area contributed by atoms with Crippen LogP contribution in [-0.4, -0.2) is 0 Å². The second kappa shape index (κ2) is 10.3. The van der Waals surface area contributed by atoms with E-state index in [9.17, 15) is 0 Å². The van der Waals surface area contributed by atoms with Crippen LogP contribution < -0.4 is 37.2 Å². The van der Waals surface area contributed by atoms with E-state index < -0.39 is 0 Å². The largest absolute Gasteiger partial charge is 4.00 e. The van der Waals surface area contributed by atoms with Gasteiger partial charge in [-0.05, 0) is 12.8 Å². The van der Waals surface area contributed by atoms with Crippen LogP contribution in [0.1, 0.15) is 40.5 Å². The van der Waals surface area contributed by atoms with Crippen LogP contribution in [0.2, 0.25) is 0 Å². The summed E-state index contributed by atoms with van der Waals surface area (Å²) in [4.78, 5) is 0. The molecule has 2 rings (SSSR count). The maximum atomic E-state index is 2.39. The van der Waals surface area contributed by atoms with Crippen molar-refractivity contribution < 1.29 is 63.4 Å². The smallest absolute Gasteiger partial charge is 1.00 e. The summed E-state index contributed by atoms with van der Waals surface area (Å²) >= 11 is 0. The molecule has 0 fully saturated rings. The molecule has 0 saturated carbocycles. The Morgan fingerprint density at radius 1 is 0.737 bits per heavy atom. The molecule has 0 amide bonds. The molecule has 2 aliphatic rings. The standard InChI is InChI=1S/C15H19.3ClH.Zr/c1-10-5-7-14(12(10)3)9-15-8-6-11(2)13(15)4;;;;/h5-6,9H,7-8H2,1-4H3;3*1H;/q-1;;;;+4/p-3. The SMILES string of the molecule is CC1=CCC([CH-]C2=C(C)C(C)=CC2)=C1C.[Cl-].[Cl-].[Cl-].[Zr+4]. The minimum absolute atomic E-state index is 0. The topological polar surface area (TPSA) is 0 Å². The van der Waals surface area contributed by atoms with E-state index in [4.69, 9.17) is 0 Å². The first kappa shape index (κ1) is 24.6. The predicted octanol–water partition coefficient (Wildman–Crippen LogP) is -4.47. The van der Waals surface area contributed by atoms with E-state index in [1.807, 2.05) is 0 Å². The summed E-state index contributed by atoms with van der Waals surface area (Å²) in [5, 5.41) is 0. The van der Waals surface area contributed by atoms with Crippen molar-refractivity contribution in [1.29, 1.82) is 0 Å². The van der Waals surface area contributed by atoms with Gasteiger partial charge in [0.1, 0.15) is 0 Å². The Kier molecular flexibility index (Phi) is 13.4. The van der Waals surface area contributed by atoms with Gasteiger partial charge in [0.25, 0.3) is 0 Å². The Bertz CT molecular complexity index is 389. The third kappa shape index (κ3) is 5.46. The van der Waals surface area contributed by atoms with Crippen LogP contribution in [-0.2, 0) is 26.2 Å². The van der Waals surface area contributed by atoms with Crippen molar-refractivity contribution in [3.05, 3.63) is 52.0 Å². The van der Waals surface area contributed by atoms with Crippen LogP contribution in [0.4, 0.5) is 0 Å². The number of allylic oxidation sites excluding steroid dienone is 8. The monoisotopic (exact) mass is 394 g/mol. The van der Waals surface area contributed by atoms with E-state index in [2.05, 4.69) is 46.3 Å². The van der Waals surface area contributed by atoms with E-state index in [1.165, 1.54) is 33.4 Å². The van der Waals surface area contributed by atoms with Crippen molar-refractivity contribution in [3.8, 4) is 0 Å². The molecule has 0 aromatic rings. The van der Waals surface area contributed by atoms with Crippen molar-refractivity contribution in [1.82, 2.24) is 0 Å². The summed E-state index contributed by atoms with van der Waals surface area (Å²) in [6.45, 7) is 8.87. The summed E-state index contributed by atoms with van der Waals surface area (Å²) in [5.74, 6) is 0. The maximum Gasteiger partial charge on any atom is 4.00 e. The third-order valence-electron chi connectivity index (χ3n) is 3.75. The van der Waals surface area contributed by atoms with Gasteiger partial charge in [0.2, 0.25) is 0 Å². The van der Waals surface area contributed by atoms with Gasteiger partial charge in [-0.2, -0.15) is 6.42 Å². The summed E-state index contributed by atoms with van der Waals surface area (Å²) in [6, 6.07) is 0. The predicted molar refractivity (Wildman–Crippen MR) is 66.4 cm³/mol. The van der Waals surface area contributed by atoms with Crippen molar-refractivity contribution >= 4 is 0 Å². The molecule has 0 N–H and O–H groups in total. The average molecular weight is 397 g/mol. The van der Waals surface area contributed by atoms with Crippen LogP contribution in [0.15, 0.2) is 45.6 Å². The van der Waals surface area contributed by atoms with Gasteiger partial charge in [0.15, 0.2) is 0 Å². The first-order chi connectivity index (χ1) is 7.09. The van der Waals surface area contributed by atoms with Crippen LogP contribution in [0.3, 0.4) is 0 Å². The van der Waals surface area contributed by atoms with Gasteiger partial charge in [-0.25, -0.2) is 0 Å². The van der Waals surface area contributed by atoms with Crippen molar-refractivity contribution in [3.63, 3.8) is 0 Å². The molecular weight excluding hydrogens is 378 g/mol. The van der Waals surface area contributed by atoms with Gasteiger partial charge in [-0.3, -0.25) is 0 Å². The first-order valence-corrected chi connectivity index (χ1v) is 5.68. The van der Waals surface area contributed by atoms with Crippen LogP contribution >= 0.6 is 0 Å². The van der Waals surface area contributed by atoms with Gasteiger partial charge in [0.05, 0.1) is 0 Å². The fraction of sp³-hybridized carbons (Fsp3) is 0.400. The van der Waals surface area contributed by atoms with E-state index >= 15 is 0 Å². The summed E-state index contributed by atoms with van der Waals surface area (Å²) < 4.78 is 0. The number of hydrogen-bond donors (Lipinski definition) is 0. The molecule has 0 aliphatic heterocycles. The molecule has 0 saturated heterocycles. The Morgan fingerprint density at radius 3 is 1.26 bits per heavy atom. The van der Waals surface area contributed by atoms with Crippen LogP contribution in [0, 0.1) is 6.42 Å². The number of halogens is 3. The average Bonchev–Trinajstić information content (AvgIpc) is 2.68. The zero-order valence-corrected chi connectivity index (χ0v) is 16.5. The summed E-state index contributed by atoms with van der Waals surface area (Å²) in [7, 11) is 0. The molecule has 0 unspecified atom stereocenters. The number of hydrogen-bond acceptors (Lipinski definition) is 0. The molecule has 4 heteroatoms. The van der Waals surface area contributed by atoms with Crippen molar-refractivity contribution in [2.75, 3.05) is 0 Å². The summed E-state index contributed by atoms with van der Waals surface area (Å²) in [6.07, 6.45) is 9.28. The van der Waals surface area contributed by atoms with Crippen LogP contribution in [0.5, 0.6) is 0 Å². The molecule has 104 valence electrons. The Balaban J connectivity index is -0.000000640. The van der Waals surface area contributed by atoms with E-state index in [-0.39, 0.29) is 63.4 Å². The molecule has 0 spiro atoms. The van der Waals surface area contributed by atoms with Gasteiger partial charge in [-0.1, -0.05) is 39.8 Å². The molecular formula is C15H19Cl3Zr. The fourth-order valence-electron chi connectivity index (χ4n) is 2.19. The van der Waals surface area contributed by atoms with E-state index in [0.717, 1.165) is 12.8 Å². The Labute approximate surface area is 155 Å². The quantitative estimate of drug-likeness (QED) is 0.413. The molecule has 0 aromatic carbocycles. The van der Waals surface area contributed by atoms with Gasteiger partial charge in [-0.15, -0.1) is 33.4 Å². The maximum absolute atomic E-state index is 2.39. The Morgan fingerprint density at radius 2 is 1.05 bits per heavy atom. The first-order valence-electron chi connectivity index (χ1n) is 5.68. The summed E-state index contributed by atoms with van der Waals surface area (Å²) in [5.41, 5.74) is 8.85. The van der Waals surface area contributed by atoms with Crippen molar-refractivity contribution in [2.45, 2.75) is 40.5 Å². The molecule has 0 heterocycles. The molecule has 0 aromatic heterocycles. The minimum atomic E-state index is 0. The fourth-order valence-corrected chi connectivity index (χ4v) is 2.19. The minimum Gasteiger partial charge on any atom is -1.00 e. The molecule has 0 atom stereocenters. The van der Waals surface area contributed by atoms with Crippen molar-refractivity contribution in [2.24, 2.45) is 0 Å². The second-order valence-electron chi connectivity index (χ2n) is 4.63. The van der Waals surface area contributed by atoms with Gasteiger partial charge < -0.3 is 37.2 Å². The molecule has 19 heavy (non-hydrogen) atoms. The third-order valence-corrected chi connectivity index (χ3v) is 3.75. The zero-order chi connectivity index (χ0) is 11.0. The van der Waals surface area contributed by atoms with Gasteiger partial charge in [0, 0.05) is 0 Å². The van der Waals surface area contributed by atoms with E-state index in [1.54, 1.807) is 0 Å². The molecule has 0 bridgehead atoms.